The molecule has 0 aromatic heterocycles. The van der Waals surface area contributed by atoms with Crippen LogP contribution < -0.4 is 5.32 Å². The molecule has 2 heteroatoms. The Hall–Kier alpha value is 0.180. The van der Waals surface area contributed by atoms with Gasteiger partial charge in [0.25, 0.3) is 0 Å². The highest BCUT2D eigenvalue weighted by atomic mass is 79.9. The minimum atomic E-state index is 0.800. The average molecular weight is 216 g/mol. The molecule has 1 N–H and O–H groups in total. The van der Waals surface area contributed by atoms with E-state index in [1.807, 2.05) is 0 Å². The van der Waals surface area contributed by atoms with E-state index in [1.54, 1.807) is 0 Å². The molecule has 2 aliphatic rings. The number of nitrogens with one attached hydrogen (secondary N) is 1. The summed E-state index contributed by atoms with van der Waals surface area (Å²) >= 11 is 3.36. The zero-order valence-corrected chi connectivity index (χ0v) is 8.23. The second-order valence-electron chi connectivity index (χ2n) is 3.74. The van der Waals surface area contributed by atoms with Crippen LogP contribution in [0.1, 0.15) is 19.3 Å². The lowest BCUT2D eigenvalue weighted by atomic mass is 10.2. The highest BCUT2D eigenvalue weighted by molar-refractivity contribution is 9.11. The number of hydrogen-bond donors (Lipinski definition) is 1. The molecule has 0 aromatic carbocycles. The maximum Gasteiger partial charge on any atom is 0.0268 e. The molecule has 0 spiro atoms. The first kappa shape index (κ1) is 7.81. The van der Waals surface area contributed by atoms with E-state index < -0.39 is 0 Å². The average Bonchev–Trinajstić information content (AvgIpc) is 2.62. The van der Waals surface area contributed by atoms with Gasteiger partial charge in [0.15, 0.2) is 0 Å². The smallest absolute Gasteiger partial charge is 0.0268 e. The first-order chi connectivity index (χ1) is 5.27. The molecule has 2 fully saturated rings. The van der Waals surface area contributed by atoms with Gasteiger partial charge in [-0.05, 0) is 31.1 Å². The topological polar surface area (TPSA) is 12.0 Å². The van der Waals surface area contributed by atoms with E-state index in [9.17, 15) is 0 Å². The molecule has 0 bridgehead atoms. The fourth-order valence-corrected chi connectivity index (χ4v) is 2.36. The van der Waals surface area contributed by atoms with Gasteiger partial charge in [-0.15, -0.1) is 0 Å². The molecule has 62 valence electrons. The van der Waals surface area contributed by atoms with Crippen LogP contribution in [0.25, 0.3) is 0 Å². The van der Waals surface area contributed by atoms with E-state index in [1.165, 1.54) is 19.3 Å². The molecule has 0 aliphatic heterocycles. The van der Waals surface area contributed by atoms with Gasteiger partial charge >= 0.3 is 0 Å². The fraction of sp³-hybridized carbons (Fsp3) is 0.778. The lowest BCUT2D eigenvalue weighted by Gasteiger charge is -2.12. The number of hydrogen-bond acceptors (Lipinski definition) is 1. The third-order valence-electron chi connectivity index (χ3n) is 2.90. The van der Waals surface area contributed by atoms with Crippen molar-refractivity contribution in [3.63, 3.8) is 0 Å². The highest BCUT2D eigenvalue weighted by Crippen LogP contribution is 2.51. The summed E-state index contributed by atoms with van der Waals surface area (Å²) in [6.07, 6.45) is 4.32. The van der Waals surface area contributed by atoms with Crippen molar-refractivity contribution in [2.24, 2.45) is 11.8 Å². The summed E-state index contributed by atoms with van der Waals surface area (Å²) in [6, 6.07) is 0.800. The molecule has 0 radical (unpaired) electrons. The van der Waals surface area contributed by atoms with E-state index in [4.69, 9.17) is 0 Å². The molecule has 3 atom stereocenters. The fourth-order valence-electron chi connectivity index (χ4n) is 2.20. The first-order valence-corrected chi connectivity index (χ1v) is 5.13. The molecule has 0 saturated heterocycles. The van der Waals surface area contributed by atoms with Gasteiger partial charge in [0.05, 0.1) is 0 Å². The Morgan fingerprint density at radius 1 is 1.55 bits per heavy atom. The Balaban J connectivity index is 1.74. The van der Waals surface area contributed by atoms with Crippen molar-refractivity contribution < 1.29 is 0 Å². The summed E-state index contributed by atoms with van der Waals surface area (Å²) in [4.78, 5) is 0. The van der Waals surface area contributed by atoms with Gasteiger partial charge in [0.2, 0.25) is 0 Å². The first-order valence-electron chi connectivity index (χ1n) is 4.34. The van der Waals surface area contributed by atoms with Crippen LogP contribution in [0.2, 0.25) is 0 Å². The van der Waals surface area contributed by atoms with Gasteiger partial charge in [-0.1, -0.05) is 22.5 Å². The predicted octanol–water partition coefficient (Wildman–Crippen LogP) is 2.28. The van der Waals surface area contributed by atoms with Crippen LogP contribution >= 0.6 is 15.9 Å². The van der Waals surface area contributed by atoms with E-state index in [2.05, 4.69) is 27.8 Å². The maximum atomic E-state index is 3.81. The van der Waals surface area contributed by atoms with Crippen LogP contribution in [0.3, 0.4) is 0 Å². The van der Waals surface area contributed by atoms with Crippen molar-refractivity contribution in [1.82, 2.24) is 5.32 Å². The predicted molar refractivity (Wildman–Crippen MR) is 50.7 cm³/mol. The molecule has 0 aromatic rings. The molecule has 0 amide bonds. The third kappa shape index (κ3) is 1.67. The van der Waals surface area contributed by atoms with Crippen molar-refractivity contribution in [3.05, 3.63) is 11.1 Å². The van der Waals surface area contributed by atoms with Gasteiger partial charge in [0, 0.05) is 17.1 Å². The van der Waals surface area contributed by atoms with Gasteiger partial charge < -0.3 is 5.32 Å². The quantitative estimate of drug-likeness (QED) is 0.763. The Labute approximate surface area is 76.4 Å². The van der Waals surface area contributed by atoms with E-state index in [-0.39, 0.29) is 0 Å². The van der Waals surface area contributed by atoms with Crippen LogP contribution in [0, 0.1) is 11.8 Å². The zero-order valence-electron chi connectivity index (χ0n) is 6.65. The van der Waals surface area contributed by atoms with Crippen molar-refractivity contribution in [2.75, 3.05) is 6.54 Å². The van der Waals surface area contributed by atoms with Crippen molar-refractivity contribution in [3.8, 4) is 0 Å². The number of fused-ring (bicyclic) bond motifs is 1. The second-order valence-corrected chi connectivity index (χ2v) is 4.86. The largest absolute Gasteiger partial charge is 0.309 e. The van der Waals surface area contributed by atoms with Gasteiger partial charge in [0.1, 0.15) is 0 Å². The number of rotatable bonds is 3. The van der Waals surface area contributed by atoms with Crippen LogP contribution in [0.5, 0.6) is 0 Å². The summed E-state index contributed by atoms with van der Waals surface area (Å²) in [6.45, 7) is 4.75. The van der Waals surface area contributed by atoms with Crippen LogP contribution in [0.4, 0.5) is 0 Å². The van der Waals surface area contributed by atoms with Crippen LogP contribution in [-0.2, 0) is 0 Å². The number of halogens is 1. The molecule has 0 heterocycles. The van der Waals surface area contributed by atoms with E-state index in [0.29, 0.717) is 0 Å². The molecule has 2 aliphatic carbocycles. The second kappa shape index (κ2) is 2.91. The van der Waals surface area contributed by atoms with Gasteiger partial charge in [-0.3, -0.25) is 0 Å². The lowest BCUT2D eigenvalue weighted by Crippen LogP contribution is -2.29. The summed E-state index contributed by atoms with van der Waals surface area (Å²) in [5.41, 5.74) is 0. The molecular formula is C9H14BrN. The monoisotopic (exact) mass is 215 g/mol. The minimum Gasteiger partial charge on any atom is -0.309 e. The van der Waals surface area contributed by atoms with Crippen LogP contribution in [0.15, 0.2) is 11.1 Å². The SMILES string of the molecule is C=C(Br)CNC1CCC2CC21. The lowest BCUT2D eigenvalue weighted by molar-refractivity contribution is 0.499. The van der Waals surface area contributed by atoms with E-state index in [0.717, 1.165) is 28.9 Å². The summed E-state index contributed by atoms with van der Waals surface area (Å²) in [5, 5.41) is 3.53. The van der Waals surface area contributed by atoms with Gasteiger partial charge in [-0.25, -0.2) is 0 Å². The highest BCUT2D eigenvalue weighted by Gasteiger charge is 2.47. The molecule has 3 unspecified atom stereocenters. The molecule has 1 nitrogen and oxygen atoms in total. The standard InChI is InChI=1S/C9H14BrN/c1-6(10)5-11-9-3-2-7-4-8(7)9/h7-9,11H,1-5H2. The summed E-state index contributed by atoms with van der Waals surface area (Å²) in [5.74, 6) is 2.10. The molecule has 2 rings (SSSR count). The molecule has 11 heavy (non-hydrogen) atoms. The normalized spacial score (nSPS) is 40.3. The van der Waals surface area contributed by atoms with E-state index >= 15 is 0 Å². The van der Waals surface area contributed by atoms with Crippen LogP contribution in [-0.4, -0.2) is 12.6 Å². The van der Waals surface area contributed by atoms with Crippen molar-refractivity contribution in [2.45, 2.75) is 25.3 Å². The maximum absolute atomic E-state index is 3.81. The van der Waals surface area contributed by atoms with Crippen molar-refractivity contribution in [1.29, 1.82) is 0 Å². The Bertz CT molecular complexity index is 178. The van der Waals surface area contributed by atoms with Gasteiger partial charge in [-0.2, -0.15) is 0 Å². The Kier molecular flexibility index (Phi) is 2.06. The zero-order chi connectivity index (χ0) is 7.84. The molecular weight excluding hydrogens is 202 g/mol. The molecule has 2 saturated carbocycles. The third-order valence-corrected chi connectivity index (χ3v) is 3.18. The Morgan fingerprint density at radius 2 is 2.36 bits per heavy atom. The van der Waals surface area contributed by atoms with Crippen molar-refractivity contribution >= 4 is 15.9 Å². The Morgan fingerprint density at radius 3 is 2.82 bits per heavy atom. The summed E-state index contributed by atoms with van der Waals surface area (Å²) in [7, 11) is 0. The minimum absolute atomic E-state index is 0.800. The summed E-state index contributed by atoms with van der Waals surface area (Å²) < 4.78 is 1.07.